The molecule has 0 unspecified atom stereocenters. The van der Waals surface area contributed by atoms with Crippen LogP contribution in [0.5, 0.6) is 0 Å². The molecule has 2 aromatic rings. The van der Waals surface area contributed by atoms with Gasteiger partial charge in [0.25, 0.3) is 0 Å². The normalized spacial score (nSPS) is 19.7. The van der Waals surface area contributed by atoms with Crippen LogP contribution in [0.2, 0.25) is 0 Å². The first-order valence-corrected chi connectivity index (χ1v) is 8.14. The van der Waals surface area contributed by atoms with Crippen molar-refractivity contribution in [3.05, 3.63) is 40.4 Å². The summed E-state index contributed by atoms with van der Waals surface area (Å²) in [5.74, 6) is 0. The highest BCUT2D eigenvalue weighted by Gasteiger charge is 2.31. The molecule has 3 rings (SSSR count). The molecule has 2 amide bonds. The highest BCUT2D eigenvalue weighted by atomic mass is 32.1. The van der Waals surface area contributed by atoms with Gasteiger partial charge >= 0.3 is 6.03 Å². The molecular weight excluding hydrogens is 300 g/mol. The van der Waals surface area contributed by atoms with Crippen LogP contribution in [-0.2, 0) is 12.8 Å². The first-order valence-electron chi connectivity index (χ1n) is 7.33. The Kier molecular flexibility index (Phi) is 4.35. The number of carbonyl (C=O) groups is 1. The number of urea groups is 1. The molecule has 0 aliphatic heterocycles. The van der Waals surface area contributed by atoms with E-state index >= 15 is 0 Å². The minimum absolute atomic E-state index is 0.375. The van der Waals surface area contributed by atoms with Crippen molar-refractivity contribution in [3.8, 4) is 0 Å². The first kappa shape index (κ1) is 14.9. The summed E-state index contributed by atoms with van der Waals surface area (Å²) in [6.45, 7) is 2.07. The van der Waals surface area contributed by atoms with Gasteiger partial charge in [0.1, 0.15) is 5.01 Å². The molecule has 1 aliphatic rings. The van der Waals surface area contributed by atoms with Gasteiger partial charge in [0.05, 0.1) is 12.1 Å². The standard InChI is InChI=1S/C15H18N4O2S/c1-2-5-12-18-19-15(22-12)17-14(21)16-13-10-7-4-3-6-9(10)8-11(13)20/h3-4,6-7,11,13,20H,2,5,8H2,1H3,(H2,16,17,19,21)/t11-,13+/m0/s1. The van der Waals surface area contributed by atoms with Gasteiger partial charge in [-0.25, -0.2) is 4.79 Å². The molecular formula is C15H18N4O2S. The summed E-state index contributed by atoms with van der Waals surface area (Å²) >= 11 is 1.37. The van der Waals surface area contributed by atoms with E-state index in [0.717, 1.165) is 29.0 Å². The number of carbonyl (C=O) groups excluding carboxylic acids is 1. The number of aliphatic hydroxyl groups excluding tert-OH is 1. The van der Waals surface area contributed by atoms with E-state index < -0.39 is 6.10 Å². The molecule has 1 heterocycles. The summed E-state index contributed by atoms with van der Waals surface area (Å²) in [6.07, 6.45) is 1.80. The molecule has 22 heavy (non-hydrogen) atoms. The van der Waals surface area contributed by atoms with E-state index in [1.54, 1.807) is 0 Å². The largest absolute Gasteiger partial charge is 0.390 e. The molecule has 2 atom stereocenters. The topological polar surface area (TPSA) is 87.1 Å². The Bertz CT molecular complexity index is 673. The van der Waals surface area contributed by atoms with Crippen LogP contribution in [0.25, 0.3) is 0 Å². The summed E-state index contributed by atoms with van der Waals surface area (Å²) in [5, 5.41) is 25.0. The molecule has 7 heteroatoms. The van der Waals surface area contributed by atoms with Crippen LogP contribution in [0.15, 0.2) is 24.3 Å². The number of aromatic nitrogens is 2. The van der Waals surface area contributed by atoms with Crippen LogP contribution in [-0.4, -0.2) is 27.4 Å². The number of rotatable bonds is 4. The summed E-state index contributed by atoms with van der Waals surface area (Å²) in [5.41, 5.74) is 2.04. The smallest absolute Gasteiger partial charge is 0.321 e. The second kappa shape index (κ2) is 6.41. The van der Waals surface area contributed by atoms with Crippen molar-refractivity contribution in [2.24, 2.45) is 0 Å². The van der Waals surface area contributed by atoms with Gasteiger partial charge in [-0.05, 0) is 17.5 Å². The van der Waals surface area contributed by atoms with Crippen LogP contribution in [0.1, 0.15) is 35.5 Å². The van der Waals surface area contributed by atoms with Crippen LogP contribution < -0.4 is 10.6 Å². The Morgan fingerprint density at radius 3 is 3.05 bits per heavy atom. The number of nitrogens with one attached hydrogen (secondary N) is 2. The number of anilines is 1. The van der Waals surface area contributed by atoms with Gasteiger partial charge in [-0.15, -0.1) is 10.2 Å². The SMILES string of the molecule is CCCc1nnc(NC(=O)N[C@@H]2c3ccccc3C[C@@H]2O)s1. The monoisotopic (exact) mass is 318 g/mol. The zero-order valence-electron chi connectivity index (χ0n) is 12.2. The highest BCUT2D eigenvalue weighted by molar-refractivity contribution is 7.15. The number of hydrogen-bond donors (Lipinski definition) is 3. The number of amides is 2. The van der Waals surface area contributed by atoms with E-state index in [1.165, 1.54) is 11.3 Å². The minimum Gasteiger partial charge on any atom is -0.390 e. The van der Waals surface area contributed by atoms with Crippen molar-refractivity contribution >= 4 is 22.5 Å². The van der Waals surface area contributed by atoms with Gasteiger partial charge in [-0.1, -0.05) is 42.5 Å². The van der Waals surface area contributed by atoms with Gasteiger partial charge in [-0.2, -0.15) is 0 Å². The molecule has 0 fully saturated rings. The molecule has 6 nitrogen and oxygen atoms in total. The van der Waals surface area contributed by atoms with Gasteiger partial charge < -0.3 is 10.4 Å². The van der Waals surface area contributed by atoms with Gasteiger partial charge in [-0.3, -0.25) is 5.32 Å². The van der Waals surface area contributed by atoms with Crippen LogP contribution in [0, 0.1) is 0 Å². The summed E-state index contributed by atoms with van der Waals surface area (Å²) in [6, 6.07) is 6.98. The Balaban J connectivity index is 1.64. The van der Waals surface area contributed by atoms with Crippen LogP contribution >= 0.6 is 11.3 Å². The number of aliphatic hydroxyl groups is 1. The minimum atomic E-state index is -0.603. The van der Waals surface area contributed by atoms with Crippen molar-refractivity contribution < 1.29 is 9.90 Å². The Morgan fingerprint density at radius 2 is 2.23 bits per heavy atom. The zero-order valence-corrected chi connectivity index (χ0v) is 13.1. The van der Waals surface area contributed by atoms with E-state index in [1.807, 2.05) is 24.3 Å². The van der Waals surface area contributed by atoms with Crippen LogP contribution in [0.3, 0.4) is 0 Å². The summed E-state index contributed by atoms with van der Waals surface area (Å²) in [7, 11) is 0. The lowest BCUT2D eigenvalue weighted by Crippen LogP contribution is -2.36. The lowest BCUT2D eigenvalue weighted by molar-refractivity contribution is 0.144. The van der Waals surface area contributed by atoms with Crippen LogP contribution in [0.4, 0.5) is 9.93 Å². The maximum absolute atomic E-state index is 12.1. The summed E-state index contributed by atoms with van der Waals surface area (Å²) in [4.78, 5) is 12.1. The van der Waals surface area contributed by atoms with E-state index in [4.69, 9.17) is 0 Å². The van der Waals surface area contributed by atoms with E-state index in [0.29, 0.717) is 11.6 Å². The first-order chi connectivity index (χ1) is 10.7. The third-order valence-electron chi connectivity index (χ3n) is 3.64. The van der Waals surface area contributed by atoms with E-state index in [-0.39, 0.29) is 12.1 Å². The molecule has 1 aromatic carbocycles. The fraction of sp³-hybridized carbons (Fsp3) is 0.400. The quantitative estimate of drug-likeness (QED) is 0.807. The number of aryl methyl sites for hydroxylation is 1. The van der Waals surface area contributed by atoms with Crippen molar-refractivity contribution in [2.75, 3.05) is 5.32 Å². The van der Waals surface area contributed by atoms with Crippen molar-refractivity contribution in [3.63, 3.8) is 0 Å². The third kappa shape index (κ3) is 3.10. The van der Waals surface area contributed by atoms with E-state index in [9.17, 15) is 9.90 Å². The lowest BCUT2D eigenvalue weighted by atomic mass is 10.1. The molecule has 0 saturated heterocycles. The predicted molar refractivity (Wildman–Crippen MR) is 85.0 cm³/mol. The fourth-order valence-electron chi connectivity index (χ4n) is 2.64. The maximum Gasteiger partial charge on any atom is 0.321 e. The van der Waals surface area contributed by atoms with Crippen molar-refractivity contribution in [1.82, 2.24) is 15.5 Å². The Labute approximate surface area is 132 Å². The van der Waals surface area contributed by atoms with E-state index in [2.05, 4.69) is 27.8 Å². The summed E-state index contributed by atoms with van der Waals surface area (Å²) < 4.78 is 0. The van der Waals surface area contributed by atoms with Crippen molar-refractivity contribution in [1.29, 1.82) is 0 Å². The molecule has 116 valence electrons. The van der Waals surface area contributed by atoms with Gasteiger partial charge in [0, 0.05) is 12.8 Å². The molecule has 0 bridgehead atoms. The highest BCUT2D eigenvalue weighted by Crippen LogP contribution is 2.31. The lowest BCUT2D eigenvalue weighted by Gasteiger charge is -2.17. The van der Waals surface area contributed by atoms with Gasteiger partial charge in [0.2, 0.25) is 5.13 Å². The Hall–Kier alpha value is -1.99. The number of hydrogen-bond acceptors (Lipinski definition) is 5. The zero-order chi connectivity index (χ0) is 15.5. The van der Waals surface area contributed by atoms with Gasteiger partial charge in [0.15, 0.2) is 0 Å². The third-order valence-corrected chi connectivity index (χ3v) is 4.54. The molecule has 0 radical (unpaired) electrons. The molecule has 1 aliphatic carbocycles. The Morgan fingerprint density at radius 1 is 1.41 bits per heavy atom. The molecule has 0 saturated carbocycles. The molecule has 3 N–H and O–H groups in total. The molecule has 0 spiro atoms. The predicted octanol–water partition coefficient (Wildman–Crippen LogP) is 2.27. The number of nitrogens with zero attached hydrogens (tertiary/aromatic N) is 2. The second-order valence-corrected chi connectivity index (χ2v) is 6.36. The molecule has 1 aromatic heterocycles. The average Bonchev–Trinajstić information content (AvgIpc) is 3.05. The van der Waals surface area contributed by atoms with Crippen molar-refractivity contribution in [2.45, 2.75) is 38.3 Å². The second-order valence-electron chi connectivity index (χ2n) is 5.30. The number of fused-ring (bicyclic) bond motifs is 1. The fourth-order valence-corrected chi connectivity index (χ4v) is 3.48. The number of benzene rings is 1. The average molecular weight is 318 g/mol. The maximum atomic E-state index is 12.1.